The Morgan fingerprint density at radius 2 is 2.17 bits per heavy atom. The SMILES string of the molecule is CC1(C)[C@H]2CC[C@H](C2)[C@@H]1CC=O. The van der Waals surface area contributed by atoms with Crippen molar-refractivity contribution in [3.8, 4) is 0 Å². The predicted octanol–water partition coefficient (Wildman–Crippen LogP) is 2.65. The van der Waals surface area contributed by atoms with E-state index in [0.29, 0.717) is 11.3 Å². The van der Waals surface area contributed by atoms with E-state index in [1.54, 1.807) is 0 Å². The molecule has 0 unspecified atom stereocenters. The van der Waals surface area contributed by atoms with Crippen molar-refractivity contribution >= 4 is 6.29 Å². The molecule has 2 aliphatic carbocycles. The quantitative estimate of drug-likeness (QED) is 0.576. The highest BCUT2D eigenvalue weighted by atomic mass is 16.1. The first kappa shape index (κ1) is 8.28. The van der Waals surface area contributed by atoms with E-state index < -0.39 is 0 Å². The number of hydrogen-bond acceptors (Lipinski definition) is 1. The molecule has 2 saturated carbocycles. The van der Waals surface area contributed by atoms with Gasteiger partial charge in [-0.05, 0) is 42.4 Å². The van der Waals surface area contributed by atoms with Gasteiger partial charge in [0.05, 0.1) is 0 Å². The lowest BCUT2D eigenvalue weighted by Crippen LogP contribution is -2.30. The molecule has 12 heavy (non-hydrogen) atoms. The molecule has 0 radical (unpaired) electrons. The van der Waals surface area contributed by atoms with Crippen LogP contribution < -0.4 is 0 Å². The average molecular weight is 166 g/mol. The molecule has 0 aliphatic heterocycles. The number of rotatable bonds is 2. The maximum Gasteiger partial charge on any atom is 0.120 e. The third-order valence-corrected chi connectivity index (χ3v) is 4.40. The van der Waals surface area contributed by atoms with Crippen LogP contribution in [0.1, 0.15) is 39.5 Å². The monoisotopic (exact) mass is 166 g/mol. The number of fused-ring (bicyclic) bond motifs is 2. The highest BCUT2D eigenvalue weighted by Gasteiger charge is 2.51. The second-order valence-corrected chi connectivity index (χ2v) is 5.10. The maximum atomic E-state index is 10.5. The second-order valence-electron chi connectivity index (χ2n) is 5.10. The molecule has 2 fully saturated rings. The molecule has 0 heterocycles. The fourth-order valence-electron chi connectivity index (χ4n) is 3.57. The molecule has 0 spiro atoms. The Morgan fingerprint density at radius 3 is 2.67 bits per heavy atom. The van der Waals surface area contributed by atoms with E-state index in [9.17, 15) is 4.79 Å². The molecule has 0 amide bonds. The zero-order chi connectivity index (χ0) is 8.77. The molecule has 68 valence electrons. The molecule has 0 aromatic rings. The highest BCUT2D eigenvalue weighted by Crippen LogP contribution is 2.59. The van der Waals surface area contributed by atoms with Crippen LogP contribution in [0.4, 0.5) is 0 Å². The molecule has 3 atom stereocenters. The van der Waals surface area contributed by atoms with Crippen molar-refractivity contribution in [1.82, 2.24) is 0 Å². The summed E-state index contributed by atoms with van der Waals surface area (Å²) in [5, 5.41) is 0. The van der Waals surface area contributed by atoms with E-state index in [4.69, 9.17) is 0 Å². The molecule has 1 heteroatoms. The zero-order valence-electron chi connectivity index (χ0n) is 8.05. The predicted molar refractivity (Wildman–Crippen MR) is 48.8 cm³/mol. The number of hydrogen-bond donors (Lipinski definition) is 0. The minimum absolute atomic E-state index is 0.448. The minimum atomic E-state index is 0.448. The maximum absolute atomic E-state index is 10.5. The Labute approximate surface area is 74.5 Å². The van der Waals surface area contributed by atoms with Crippen molar-refractivity contribution in [1.29, 1.82) is 0 Å². The molecule has 1 nitrogen and oxygen atoms in total. The minimum Gasteiger partial charge on any atom is -0.303 e. The van der Waals surface area contributed by atoms with Gasteiger partial charge >= 0.3 is 0 Å². The van der Waals surface area contributed by atoms with Crippen LogP contribution in [-0.4, -0.2) is 6.29 Å². The van der Waals surface area contributed by atoms with E-state index >= 15 is 0 Å². The summed E-state index contributed by atoms with van der Waals surface area (Å²) in [7, 11) is 0. The Bertz CT molecular complexity index is 195. The first-order valence-electron chi connectivity index (χ1n) is 5.10. The first-order chi connectivity index (χ1) is 5.66. The molecular weight excluding hydrogens is 148 g/mol. The van der Waals surface area contributed by atoms with Gasteiger partial charge in [0, 0.05) is 6.42 Å². The van der Waals surface area contributed by atoms with E-state index in [2.05, 4.69) is 13.8 Å². The summed E-state index contributed by atoms with van der Waals surface area (Å²) in [6.45, 7) is 4.70. The summed E-state index contributed by atoms with van der Waals surface area (Å²) in [6.07, 6.45) is 6.10. The Morgan fingerprint density at radius 1 is 1.42 bits per heavy atom. The van der Waals surface area contributed by atoms with Gasteiger partial charge in [0.25, 0.3) is 0 Å². The van der Waals surface area contributed by atoms with Gasteiger partial charge in [0.15, 0.2) is 0 Å². The summed E-state index contributed by atoms with van der Waals surface area (Å²) in [5.74, 6) is 2.47. The summed E-state index contributed by atoms with van der Waals surface area (Å²) in [5.41, 5.74) is 0.448. The third kappa shape index (κ3) is 0.949. The summed E-state index contributed by atoms with van der Waals surface area (Å²) in [6, 6.07) is 0. The Balaban J connectivity index is 2.17. The van der Waals surface area contributed by atoms with Gasteiger partial charge < -0.3 is 4.79 Å². The average Bonchev–Trinajstić information content (AvgIpc) is 2.53. The van der Waals surface area contributed by atoms with Crippen molar-refractivity contribution in [2.24, 2.45) is 23.2 Å². The van der Waals surface area contributed by atoms with Crippen molar-refractivity contribution in [2.45, 2.75) is 39.5 Å². The van der Waals surface area contributed by atoms with Crippen LogP contribution in [0.25, 0.3) is 0 Å². The van der Waals surface area contributed by atoms with Crippen LogP contribution in [0.2, 0.25) is 0 Å². The van der Waals surface area contributed by atoms with E-state index in [1.165, 1.54) is 19.3 Å². The molecule has 0 N–H and O–H groups in total. The number of carbonyl (C=O) groups excluding carboxylic acids is 1. The van der Waals surface area contributed by atoms with Gasteiger partial charge in [-0.1, -0.05) is 13.8 Å². The topological polar surface area (TPSA) is 17.1 Å². The van der Waals surface area contributed by atoms with Crippen LogP contribution in [0.5, 0.6) is 0 Å². The van der Waals surface area contributed by atoms with Gasteiger partial charge in [-0.3, -0.25) is 0 Å². The van der Waals surface area contributed by atoms with Gasteiger partial charge in [-0.15, -0.1) is 0 Å². The lowest BCUT2D eigenvalue weighted by atomic mass is 9.68. The summed E-state index contributed by atoms with van der Waals surface area (Å²) < 4.78 is 0. The van der Waals surface area contributed by atoms with Crippen molar-refractivity contribution < 1.29 is 4.79 Å². The molecule has 0 aromatic carbocycles. The Kier molecular flexibility index (Phi) is 1.78. The van der Waals surface area contributed by atoms with Crippen molar-refractivity contribution in [2.75, 3.05) is 0 Å². The van der Waals surface area contributed by atoms with Crippen molar-refractivity contribution in [3.63, 3.8) is 0 Å². The fraction of sp³-hybridized carbons (Fsp3) is 0.909. The van der Waals surface area contributed by atoms with E-state index in [0.717, 1.165) is 24.5 Å². The lowest BCUT2D eigenvalue weighted by molar-refractivity contribution is -0.110. The standard InChI is InChI=1S/C11H18O/c1-11(2)9-4-3-8(7-9)10(11)5-6-12/h6,8-10H,3-5,7H2,1-2H3/t8-,9+,10+/m1/s1. The van der Waals surface area contributed by atoms with Gasteiger partial charge in [-0.2, -0.15) is 0 Å². The number of aldehydes is 1. The van der Waals surface area contributed by atoms with Crippen LogP contribution >= 0.6 is 0 Å². The summed E-state index contributed by atoms with van der Waals surface area (Å²) in [4.78, 5) is 10.5. The molecular formula is C11H18O. The van der Waals surface area contributed by atoms with E-state index in [-0.39, 0.29) is 0 Å². The van der Waals surface area contributed by atoms with Gasteiger partial charge in [0.2, 0.25) is 0 Å². The lowest BCUT2D eigenvalue weighted by Gasteiger charge is -2.37. The van der Waals surface area contributed by atoms with Crippen LogP contribution in [0.15, 0.2) is 0 Å². The Hall–Kier alpha value is -0.330. The van der Waals surface area contributed by atoms with Gasteiger partial charge in [-0.25, -0.2) is 0 Å². The van der Waals surface area contributed by atoms with Crippen LogP contribution in [-0.2, 0) is 4.79 Å². The summed E-state index contributed by atoms with van der Waals surface area (Å²) >= 11 is 0. The fourth-order valence-corrected chi connectivity index (χ4v) is 3.57. The smallest absolute Gasteiger partial charge is 0.120 e. The normalized spacial score (nSPS) is 43.3. The van der Waals surface area contributed by atoms with Gasteiger partial charge in [0.1, 0.15) is 6.29 Å². The van der Waals surface area contributed by atoms with Crippen LogP contribution in [0.3, 0.4) is 0 Å². The largest absolute Gasteiger partial charge is 0.303 e. The van der Waals surface area contributed by atoms with Crippen molar-refractivity contribution in [3.05, 3.63) is 0 Å². The number of carbonyl (C=O) groups is 1. The molecule has 0 aromatic heterocycles. The first-order valence-corrected chi connectivity index (χ1v) is 5.10. The third-order valence-electron chi connectivity index (χ3n) is 4.40. The molecule has 0 saturated heterocycles. The molecule has 2 rings (SSSR count). The second kappa shape index (κ2) is 2.58. The van der Waals surface area contributed by atoms with Crippen LogP contribution in [0, 0.1) is 23.2 Å². The van der Waals surface area contributed by atoms with E-state index in [1.807, 2.05) is 0 Å². The zero-order valence-corrected chi connectivity index (χ0v) is 8.05. The molecule has 2 aliphatic rings. The highest BCUT2D eigenvalue weighted by molar-refractivity contribution is 5.50. The molecule has 2 bridgehead atoms.